The standard InChI is InChI=1S/C32H38F3N3O3/c1-20(2)18-40-19-27-16-38-15-26(41-27)11-12-28-23(14-37-17-29(28)35)13-30(39)32(36)31(21-3-7-24(33)8-4-21)22-5-9-25(34)10-6-22/h3-10,14,17,20,26-27,31-32,38H,11-13,15-16,18-19,36H2,1-2H3/t26-,27+,32-/m1/s1. The molecule has 0 aliphatic carbocycles. The van der Waals surface area contributed by atoms with E-state index < -0.39 is 29.4 Å². The van der Waals surface area contributed by atoms with Gasteiger partial charge in [-0.25, -0.2) is 13.2 Å². The van der Waals surface area contributed by atoms with Crippen molar-refractivity contribution in [1.29, 1.82) is 0 Å². The number of morpholine rings is 1. The average Bonchev–Trinajstić information content (AvgIpc) is 2.95. The Labute approximate surface area is 239 Å². The topological polar surface area (TPSA) is 86.5 Å². The maximum Gasteiger partial charge on any atom is 0.154 e. The Bertz CT molecular complexity index is 1230. The Morgan fingerprint density at radius 1 is 1.00 bits per heavy atom. The molecule has 4 rings (SSSR count). The van der Waals surface area contributed by atoms with Crippen molar-refractivity contribution in [3.8, 4) is 0 Å². The van der Waals surface area contributed by atoms with E-state index in [2.05, 4.69) is 24.1 Å². The van der Waals surface area contributed by atoms with Crippen molar-refractivity contribution < 1.29 is 27.4 Å². The molecule has 1 fully saturated rings. The number of ether oxygens (including phenoxy) is 2. The molecule has 0 spiro atoms. The number of hydrogen-bond acceptors (Lipinski definition) is 6. The van der Waals surface area contributed by atoms with Gasteiger partial charge in [0.15, 0.2) is 5.78 Å². The summed E-state index contributed by atoms with van der Waals surface area (Å²) in [5.74, 6) is -1.88. The normalized spacial score (nSPS) is 18.1. The third-order valence-electron chi connectivity index (χ3n) is 7.25. The Balaban J connectivity index is 1.46. The fourth-order valence-electron chi connectivity index (χ4n) is 5.16. The number of pyridine rings is 1. The second-order valence-electron chi connectivity index (χ2n) is 11.0. The molecule has 1 aromatic heterocycles. The van der Waals surface area contributed by atoms with Crippen LogP contribution in [0.15, 0.2) is 60.9 Å². The average molecular weight is 570 g/mol. The molecule has 1 saturated heterocycles. The summed E-state index contributed by atoms with van der Waals surface area (Å²) in [5.41, 5.74) is 8.61. The molecular formula is C32H38F3N3O3. The number of hydrogen-bond donors (Lipinski definition) is 2. The molecule has 3 aromatic rings. The maximum absolute atomic E-state index is 15.0. The monoisotopic (exact) mass is 569 g/mol. The molecule has 1 aliphatic heterocycles. The maximum atomic E-state index is 15.0. The minimum absolute atomic E-state index is 0.0799. The van der Waals surface area contributed by atoms with E-state index in [0.29, 0.717) is 67.3 Å². The zero-order valence-corrected chi connectivity index (χ0v) is 23.5. The van der Waals surface area contributed by atoms with Gasteiger partial charge in [-0.3, -0.25) is 9.78 Å². The predicted octanol–water partition coefficient (Wildman–Crippen LogP) is 4.73. The van der Waals surface area contributed by atoms with Crippen molar-refractivity contribution in [2.75, 3.05) is 26.3 Å². The number of nitrogens with one attached hydrogen (secondary N) is 1. The molecule has 2 aromatic carbocycles. The first-order chi connectivity index (χ1) is 19.7. The van der Waals surface area contributed by atoms with Crippen molar-refractivity contribution in [2.45, 2.75) is 57.3 Å². The highest BCUT2D eigenvalue weighted by Gasteiger charge is 2.29. The van der Waals surface area contributed by atoms with Crippen molar-refractivity contribution in [1.82, 2.24) is 10.3 Å². The first-order valence-corrected chi connectivity index (χ1v) is 14.1. The molecule has 220 valence electrons. The lowest BCUT2D eigenvalue weighted by molar-refractivity contribution is -0.119. The van der Waals surface area contributed by atoms with Gasteiger partial charge in [-0.05, 0) is 65.3 Å². The van der Waals surface area contributed by atoms with Crippen LogP contribution in [-0.2, 0) is 27.1 Å². The van der Waals surface area contributed by atoms with Gasteiger partial charge in [0.25, 0.3) is 0 Å². The number of benzene rings is 2. The van der Waals surface area contributed by atoms with Crippen molar-refractivity contribution >= 4 is 5.78 Å². The lowest BCUT2D eigenvalue weighted by Crippen LogP contribution is -2.46. The second-order valence-corrected chi connectivity index (χ2v) is 11.0. The number of nitrogens with two attached hydrogens (primary N) is 1. The van der Waals surface area contributed by atoms with E-state index in [9.17, 15) is 18.0 Å². The molecule has 41 heavy (non-hydrogen) atoms. The first-order valence-electron chi connectivity index (χ1n) is 14.1. The van der Waals surface area contributed by atoms with E-state index >= 15 is 0 Å². The Hall–Kier alpha value is -3.11. The van der Waals surface area contributed by atoms with Crippen LogP contribution >= 0.6 is 0 Å². The molecule has 9 heteroatoms. The van der Waals surface area contributed by atoms with Crippen LogP contribution in [0.2, 0.25) is 0 Å². The van der Waals surface area contributed by atoms with Gasteiger partial charge in [0.2, 0.25) is 0 Å². The van der Waals surface area contributed by atoms with E-state index in [1.807, 2.05) is 0 Å². The summed E-state index contributed by atoms with van der Waals surface area (Å²) in [6, 6.07) is 10.4. The van der Waals surface area contributed by atoms with Crippen LogP contribution < -0.4 is 11.1 Å². The first kappa shape index (κ1) is 30.8. The van der Waals surface area contributed by atoms with Gasteiger partial charge in [0.1, 0.15) is 17.5 Å². The SMILES string of the molecule is CC(C)COC[C@@H]1CNC[C@@H](CCc2c(F)cncc2CC(=O)[C@@H](N)C(c2ccc(F)cc2)c2ccc(F)cc2)O1. The number of halogens is 3. The highest BCUT2D eigenvalue weighted by atomic mass is 19.1. The third kappa shape index (κ3) is 8.69. The quantitative estimate of drug-likeness (QED) is 0.310. The molecule has 3 N–H and O–H groups in total. The van der Waals surface area contributed by atoms with E-state index in [0.717, 1.165) is 6.20 Å². The van der Waals surface area contributed by atoms with Crippen LogP contribution in [0.5, 0.6) is 0 Å². The van der Waals surface area contributed by atoms with E-state index in [-0.39, 0.29) is 24.4 Å². The van der Waals surface area contributed by atoms with Crippen LogP contribution in [-0.4, -0.2) is 55.3 Å². The number of carbonyl (C=O) groups is 1. The van der Waals surface area contributed by atoms with E-state index in [1.165, 1.54) is 30.5 Å². The molecule has 0 unspecified atom stereocenters. The summed E-state index contributed by atoms with van der Waals surface area (Å²) in [7, 11) is 0. The Morgan fingerprint density at radius 3 is 2.22 bits per heavy atom. The van der Waals surface area contributed by atoms with Crippen molar-refractivity contribution in [3.05, 3.63) is 101 Å². The molecule has 1 aliphatic rings. The highest BCUT2D eigenvalue weighted by molar-refractivity contribution is 5.87. The van der Waals surface area contributed by atoms with E-state index in [4.69, 9.17) is 15.2 Å². The molecule has 0 radical (unpaired) electrons. The molecule has 0 saturated carbocycles. The van der Waals surface area contributed by atoms with Gasteiger partial charge in [-0.2, -0.15) is 0 Å². The van der Waals surface area contributed by atoms with E-state index in [1.54, 1.807) is 24.3 Å². The van der Waals surface area contributed by atoms with Crippen LogP contribution in [0.3, 0.4) is 0 Å². The molecule has 6 nitrogen and oxygen atoms in total. The molecule has 0 amide bonds. The number of rotatable bonds is 13. The summed E-state index contributed by atoms with van der Waals surface area (Å²) in [6.07, 6.45) is 3.21. The molecular weight excluding hydrogens is 531 g/mol. The smallest absolute Gasteiger partial charge is 0.154 e. The van der Waals surface area contributed by atoms with Gasteiger partial charge >= 0.3 is 0 Å². The summed E-state index contributed by atoms with van der Waals surface area (Å²) in [6.45, 7) is 6.67. The van der Waals surface area contributed by atoms with Crippen molar-refractivity contribution in [3.63, 3.8) is 0 Å². The summed E-state index contributed by atoms with van der Waals surface area (Å²) >= 11 is 0. The van der Waals surface area contributed by atoms with Crippen LogP contribution in [0.4, 0.5) is 13.2 Å². The van der Waals surface area contributed by atoms with Crippen LogP contribution in [0.1, 0.15) is 48.4 Å². The summed E-state index contributed by atoms with van der Waals surface area (Å²) < 4.78 is 54.2. The number of carbonyl (C=O) groups excluding carboxylic acids is 1. The minimum Gasteiger partial charge on any atom is -0.378 e. The number of aromatic nitrogens is 1. The minimum atomic E-state index is -1.04. The lowest BCUT2D eigenvalue weighted by Gasteiger charge is -2.31. The van der Waals surface area contributed by atoms with Gasteiger partial charge in [-0.1, -0.05) is 38.1 Å². The largest absolute Gasteiger partial charge is 0.378 e. The van der Waals surface area contributed by atoms with Crippen molar-refractivity contribution in [2.24, 2.45) is 11.7 Å². The summed E-state index contributed by atoms with van der Waals surface area (Å²) in [4.78, 5) is 17.5. The number of nitrogens with zero attached hydrogens (tertiary/aromatic N) is 1. The van der Waals surface area contributed by atoms with Gasteiger partial charge in [0.05, 0.1) is 31.1 Å². The Kier molecular flexibility index (Phi) is 11.0. The predicted molar refractivity (Wildman–Crippen MR) is 151 cm³/mol. The van der Waals surface area contributed by atoms with Crippen LogP contribution in [0.25, 0.3) is 0 Å². The van der Waals surface area contributed by atoms with Crippen LogP contribution in [0, 0.1) is 23.4 Å². The zero-order chi connectivity index (χ0) is 29.4. The number of ketones is 1. The summed E-state index contributed by atoms with van der Waals surface area (Å²) in [5, 5.41) is 3.36. The third-order valence-corrected chi connectivity index (χ3v) is 7.25. The van der Waals surface area contributed by atoms with Gasteiger partial charge in [0, 0.05) is 38.2 Å². The zero-order valence-electron chi connectivity index (χ0n) is 23.5. The second kappa shape index (κ2) is 14.7. The molecule has 0 bridgehead atoms. The lowest BCUT2D eigenvalue weighted by atomic mass is 9.82. The number of Topliss-reactive ketones (excluding diaryl/α,β-unsaturated/α-hetero) is 1. The highest BCUT2D eigenvalue weighted by Crippen LogP contribution is 2.29. The molecule has 3 atom stereocenters. The fourth-order valence-corrected chi connectivity index (χ4v) is 5.16. The molecule has 2 heterocycles. The van der Waals surface area contributed by atoms with Gasteiger partial charge in [-0.15, -0.1) is 0 Å². The fraction of sp³-hybridized carbons (Fsp3) is 0.438. The van der Waals surface area contributed by atoms with Gasteiger partial charge < -0.3 is 20.5 Å². The Morgan fingerprint density at radius 2 is 1.61 bits per heavy atom.